The van der Waals surface area contributed by atoms with Crippen LogP contribution < -0.4 is 0 Å². The van der Waals surface area contributed by atoms with Gasteiger partial charge in [-0.1, -0.05) is 12.1 Å². The normalized spacial score (nSPS) is 14.1. The van der Waals surface area contributed by atoms with Crippen molar-refractivity contribution in [3.8, 4) is 0 Å². The number of amides is 2. The Morgan fingerprint density at radius 2 is 1.78 bits per heavy atom. The van der Waals surface area contributed by atoms with Crippen molar-refractivity contribution in [3.05, 3.63) is 41.7 Å². The maximum absolute atomic E-state index is 11.9. The topological polar surface area (TPSA) is 90.2 Å². The number of carbonyl (C=O) groups is 2. The third-order valence-corrected chi connectivity index (χ3v) is 2.45. The zero-order valence-corrected chi connectivity index (χ0v) is 9.05. The van der Waals surface area contributed by atoms with E-state index in [1.54, 1.807) is 24.3 Å². The van der Waals surface area contributed by atoms with Crippen LogP contribution in [0.2, 0.25) is 0 Å². The van der Waals surface area contributed by atoms with Crippen molar-refractivity contribution < 1.29 is 14.4 Å². The van der Waals surface area contributed by atoms with Gasteiger partial charge < -0.3 is 0 Å². The Kier molecular flexibility index (Phi) is 2.34. The minimum atomic E-state index is -0.490. The molecule has 90 valence electrons. The molecule has 0 saturated carbocycles. The van der Waals surface area contributed by atoms with Crippen LogP contribution in [0.15, 0.2) is 30.6 Å². The van der Waals surface area contributed by atoms with E-state index in [9.17, 15) is 9.59 Å². The molecule has 0 saturated heterocycles. The van der Waals surface area contributed by atoms with E-state index in [-0.39, 0.29) is 6.73 Å². The highest BCUT2D eigenvalue weighted by Gasteiger charge is 2.36. The third kappa shape index (κ3) is 1.55. The van der Waals surface area contributed by atoms with Gasteiger partial charge in [-0.05, 0) is 17.3 Å². The molecule has 1 aromatic carbocycles. The van der Waals surface area contributed by atoms with Gasteiger partial charge in [-0.15, -0.1) is 20.1 Å². The lowest BCUT2D eigenvalue weighted by Crippen LogP contribution is -2.31. The van der Waals surface area contributed by atoms with E-state index in [4.69, 9.17) is 4.84 Å². The highest BCUT2D eigenvalue weighted by molar-refractivity contribution is 6.20. The van der Waals surface area contributed by atoms with E-state index in [1.165, 1.54) is 6.33 Å². The summed E-state index contributed by atoms with van der Waals surface area (Å²) in [4.78, 5) is 30.0. The van der Waals surface area contributed by atoms with E-state index in [0.29, 0.717) is 16.2 Å². The molecule has 0 bridgehead atoms. The van der Waals surface area contributed by atoms with Crippen molar-refractivity contribution in [2.45, 2.75) is 6.73 Å². The Morgan fingerprint density at radius 1 is 1.11 bits per heavy atom. The van der Waals surface area contributed by atoms with Gasteiger partial charge in [0.15, 0.2) is 13.1 Å². The molecule has 2 amide bonds. The van der Waals surface area contributed by atoms with E-state index in [2.05, 4.69) is 15.4 Å². The summed E-state index contributed by atoms with van der Waals surface area (Å²) in [5.74, 6) is -0.980. The SMILES string of the molecule is O=C1c2ccccc2C(=O)N1OCn1ncnn1. The molecule has 0 unspecified atom stereocenters. The number of rotatable bonds is 3. The molecule has 3 rings (SSSR count). The number of nitrogens with zero attached hydrogens (tertiary/aromatic N) is 5. The lowest BCUT2D eigenvalue weighted by molar-refractivity contribution is -0.127. The molecule has 1 aliphatic rings. The number of carbonyl (C=O) groups excluding carboxylic acids is 2. The van der Waals surface area contributed by atoms with Gasteiger partial charge in [0.1, 0.15) is 0 Å². The zero-order valence-electron chi connectivity index (χ0n) is 9.05. The van der Waals surface area contributed by atoms with Crippen LogP contribution in [-0.2, 0) is 11.6 Å². The van der Waals surface area contributed by atoms with Crippen molar-refractivity contribution in [2.75, 3.05) is 0 Å². The summed E-state index contributed by atoms with van der Waals surface area (Å²) in [6.07, 6.45) is 1.23. The third-order valence-electron chi connectivity index (χ3n) is 2.45. The predicted octanol–water partition coefficient (Wildman–Crippen LogP) is -0.142. The fourth-order valence-electron chi connectivity index (χ4n) is 1.64. The van der Waals surface area contributed by atoms with Crippen LogP contribution in [0.4, 0.5) is 0 Å². The molecule has 0 fully saturated rings. The minimum Gasteiger partial charge on any atom is -0.266 e. The summed E-state index contributed by atoms with van der Waals surface area (Å²) in [5, 5.41) is 11.4. The van der Waals surface area contributed by atoms with Crippen LogP contribution in [0.1, 0.15) is 20.7 Å². The second kappa shape index (κ2) is 4.00. The Bertz CT molecular complexity index is 575. The van der Waals surface area contributed by atoms with E-state index in [0.717, 1.165) is 4.80 Å². The standard InChI is InChI=1S/C10H7N5O3/c16-9-7-3-1-2-4-8(7)10(17)15(9)18-6-14-12-5-11-13-14/h1-5H,6H2. The fourth-order valence-corrected chi connectivity index (χ4v) is 1.64. The first kappa shape index (κ1) is 10.5. The average molecular weight is 245 g/mol. The number of aromatic nitrogens is 4. The number of hydrogen-bond acceptors (Lipinski definition) is 6. The molecular formula is C10H7N5O3. The first-order valence-electron chi connectivity index (χ1n) is 5.09. The molecule has 8 nitrogen and oxygen atoms in total. The van der Waals surface area contributed by atoms with E-state index < -0.39 is 11.8 Å². The number of imide groups is 1. The van der Waals surface area contributed by atoms with Gasteiger partial charge in [-0.2, -0.15) is 0 Å². The Labute approximate surface area is 101 Å². The quantitative estimate of drug-likeness (QED) is 0.699. The zero-order chi connectivity index (χ0) is 12.5. The molecule has 1 aliphatic heterocycles. The van der Waals surface area contributed by atoms with Crippen molar-refractivity contribution in [3.63, 3.8) is 0 Å². The Balaban J connectivity index is 1.80. The number of hydroxylamine groups is 2. The maximum Gasteiger partial charge on any atom is 0.285 e. The van der Waals surface area contributed by atoms with E-state index >= 15 is 0 Å². The lowest BCUT2D eigenvalue weighted by atomic mass is 10.1. The molecule has 1 aromatic heterocycles. The second-order valence-electron chi connectivity index (χ2n) is 3.52. The van der Waals surface area contributed by atoms with Gasteiger partial charge in [0.25, 0.3) is 11.8 Å². The Hall–Kier alpha value is -2.61. The largest absolute Gasteiger partial charge is 0.285 e. The van der Waals surface area contributed by atoms with Crippen LogP contribution >= 0.6 is 0 Å². The lowest BCUT2D eigenvalue weighted by Gasteiger charge is -2.11. The highest BCUT2D eigenvalue weighted by atomic mass is 16.7. The monoisotopic (exact) mass is 245 g/mol. The summed E-state index contributed by atoms with van der Waals surface area (Å²) in [5.41, 5.74) is 0.656. The summed E-state index contributed by atoms with van der Waals surface area (Å²) < 4.78 is 0. The van der Waals surface area contributed by atoms with E-state index in [1.807, 2.05) is 0 Å². The summed E-state index contributed by atoms with van der Waals surface area (Å²) >= 11 is 0. The molecule has 0 N–H and O–H groups in total. The van der Waals surface area contributed by atoms with Gasteiger partial charge in [0, 0.05) is 0 Å². The van der Waals surface area contributed by atoms with Crippen LogP contribution in [0.3, 0.4) is 0 Å². The molecule has 0 atom stereocenters. The highest BCUT2D eigenvalue weighted by Crippen LogP contribution is 2.22. The average Bonchev–Trinajstić information content (AvgIpc) is 2.98. The second-order valence-corrected chi connectivity index (χ2v) is 3.52. The number of benzene rings is 1. The van der Waals surface area contributed by atoms with Gasteiger partial charge in [0.2, 0.25) is 0 Å². The summed E-state index contributed by atoms with van der Waals surface area (Å²) in [7, 11) is 0. The summed E-state index contributed by atoms with van der Waals surface area (Å²) in [6.45, 7) is -0.161. The predicted molar refractivity (Wildman–Crippen MR) is 55.8 cm³/mol. The minimum absolute atomic E-state index is 0.161. The van der Waals surface area contributed by atoms with Crippen LogP contribution in [0.25, 0.3) is 0 Å². The molecule has 0 radical (unpaired) electrons. The van der Waals surface area contributed by atoms with Crippen molar-refractivity contribution in [2.24, 2.45) is 0 Å². The first-order chi connectivity index (χ1) is 8.77. The van der Waals surface area contributed by atoms with Gasteiger partial charge in [-0.25, -0.2) is 4.84 Å². The molecule has 0 aliphatic carbocycles. The van der Waals surface area contributed by atoms with Crippen LogP contribution in [0, 0.1) is 0 Å². The molecule has 8 heteroatoms. The molecule has 2 aromatic rings. The first-order valence-corrected chi connectivity index (χ1v) is 5.09. The number of hydrogen-bond donors (Lipinski definition) is 0. The van der Waals surface area contributed by atoms with Crippen molar-refractivity contribution in [1.82, 2.24) is 25.3 Å². The van der Waals surface area contributed by atoms with Crippen molar-refractivity contribution in [1.29, 1.82) is 0 Å². The Morgan fingerprint density at radius 3 is 2.33 bits per heavy atom. The van der Waals surface area contributed by atoms with Crippen LogP contribution in [-0.4, -0.2) is 37.1 Å². The maximum atomic E-state index is 11.9. The molecule has 0 spiro atoms. The smallest absolute Gasteiger partial charge is 0.266 e. The molecule has 2 heterocycles. The van der Waals surface area contributed by atoms with Gasteiger partial charge in [0.05, 0.1) is 11.1 Å². The van der Waals surface area contributed by atoms with Crippen molar-refractivity contribution >= 4 is 11.8 Å². The molecular weight excluding hydrogens is 238 g/mol. The van der Waals surface area contributed by atoms with Gasteiger partial charge >= 0.3 is 0 Å². The fraction of sp³-hybridized carbons (Fsp3) is 0.100. The molecule has 18 heavy (non-hydrogen) atoms. The number of tetrazole rings is 1. The van der Waals surface area contributed by atoms with Crippen LogP contribution in [0.5, 0.6) is 0 Å². The summed E-state index contributed by atoms with van der Waals surface area (Å²) in [6, 6.07) is 6.53. The number of fused-ring (bicyclic) bond motifs is 1. The van der Waals surface area contributed by atoms with Gasteiger partial charge in [-0.3, -0.25) is 9.59 Å².